The van der Waals surface area contributed by atoms with Crippen molar-refractivity contribution in [3.63, 3.8) is 0 Å². The summed E-state index contributed by atoms with van der Waals surface area (Å²) in [7, 11) is -1.34. The van der Waals surface area contributed by atoms with Gasteiger partial charge in [-0.1, -0.05) is 29.8 Å². The Morgan fingerprint density at radius 3 is 2.55 bits per heavy atom. The highest BCUT2D eigenvalue weighted by atomic mass is 35.5. The molecule has 0 radical (unpaired) electrons. The molecule has 200 valence electrons. The number of nitrogens with one attached hydrogen (secondary N) is 1. The van der Waals surface area contributed by atoms with Gasteiger partial charge < -0.3 is 9.47 Å². The summed E-state index contributed by atoms with van der Waals surface area (Å²) in [5.41, 5.74) is 2.98. The van der Waals surface area contributed by atoms with Gasteiger partial charge in [0.2, 0.25) is 0 Å². The Morgan fingerprint density at radius 2 is 1.87 bits per heavy atom. The molecule has 2 unspecified atom stereocenters. The van der Waals surface area contributed by atoms with E-state index in [9.17, 15) is 4.21 Å². The molecule has 0 bridgehead atoms. The van der Waals surface area contributed by atoms with Crippen molar-refractivity contribution in [1.29, 1.82) is 0 Å². The van der Waals surface area contributed by atoms with Gasteiger partial charge in [-0.3, -0.25) is 9.97 Å². The first kappa shape index (κ1) is 27.4. The largest absolute Gasteiger partial charge is 0.347 e. The van der Waals surface area contributed by atoms with Crippen LogP contribution in [0.15, 0.2) is 60.9 Å². The summed E-state index contributed by atoms with van der Waals surface area (Å²) >= 11 is 8.20. The van der Waals surface area contributed by atoms with Gasteiger partial charge in [-0.2, -0.15) is 0 Å². The highest BCUT2D eigenvalue weighted by molar-refractivity contribution is 7.84. The highest BCUT2D eigenvalue weighted by Crippen LogP contribution is 2.42. The van der Waals surface area contributed by atoms with E-state index in [4.69, 9.17) is 26.1 Å². The van der Waals surface area contributed by atoms with Crippen LogP contribution in [-0.2, 0) is 26.1 Å². The molecular formula is C29H32ClN3O3S2. The SMILES string of the molecule is CC1(C)OC[C@](C)(c2ccnc(-c3cccc4cc(C(NS(=O)C(C)(C)C)c5ncccc5Cl)sc34)c2)O1. The number of hydrogen-bond acceptors (Lipinski definition) is 6. The zero-order chi connectivity index (χ0) is 27.3. The summed E-state index contributed by atoms with van der Waals surface area (Å²) in [6, 6.07) is 15.6. The monoisotopic (exact) mass is 569 g/mol. The van der Waals surface area contributed by atoms with E-state index in [-0.39, 0.29) is 0 Å². The van der Waals surface area contributed by atoms with Crippen LogP contribution in [0.1, 0.15) is 63.7 Å². The molecule has 1 N–H and O–H groups in total. The van der Waals surface area contributed by atoms with E-state index in [1.807, 2.05) is 65.9 Å². The molecule has 3 aromatic heterocycles. The van der Waals surface area contributed by atoms with Crippen LogP contribution in [0.3, 0.4) is 0 Å². The molecule has 38 heavy (non-hydrogen) atoms. The molecule has 1 aliphatic rings. The van der Waals surface area contributed by atoms with Crippen molar-refractivity contribution in [2.45, 2.75) is 63.7 Å². The van der Waals surface area contributed by atoms with Crippen molar-refractivity contribution in [2.75, 3.05) is 6.61 Å². The number of nitrogens with zero attached hydrogens (tertiary/aromatic N) is 2. The molecule has 1 fully saturated rings. The Hall–Kier alpha value is -2.20. The number of ether oxygens (including phenoxy) is 2. The first-order valence-electron chi connectivity index (χ1n) is 12.5. The maximum absolute atomic E-state index is 13.2. The maximum Gasteiger partial charge on any atom is 0.164 e. The Bertz CT molecular complexity index is 1510. The second-order valence-corrected chi connectivity index (χ2v) is 14.6. The van der Waals surface area contributed by atoms with Crippen LogP contribution in [0.25, 0.3) is 21.3 Å². The van der Waals surface area contributed by atoms with Crippen LogP contribution in [0.5, 0.6) is 0 Å². The van der Waals surface area contributed by atoms with Crippen molar-refractivity contribution in [3.05, 3.63) is 82.1 Å². The quantitative estimate of drug-likeness (QED) is 0.267. The molecule has 0 amide bonds. The van der Waals surface area contributed by atoms with Crippen LogP contribution in [0, 0.1) is 0 Å². The van der Waals surface area contributed by atoms with Gasteiger partial charge in [0, 0.05) is 27.5 Å². The standard InChI is InChI=1S/C29H32ClN3O3S2/c1-27(2,3)38(34)33-25(24-21(30)11-8-13-32-24)23-15-18-9-7-10-20(26(18)37-23)22-16-19(12-14-31-22)29(6)17-35-28(4,5)36-29/h7-16,25,33H,17H2,1-6H3/t25?,29-,38?/m1/s1. The van der Waals surface area contributed by atoms with Crippen LogP contribution in [0.4, 0.5) is 0 Å². The molecular weight excluding hydrogens is 538 g/mol. The summed E-state index contributed by atoms with van der Waals surface area (Å²) < 4.78 is 29.2. The van der Waals surface area contributed by atoms with Crippen molar-refractivity contribution in [3.8, 4) is 11.3 Å². The summed E-state index contributed by atoms with van der Waals surface area (Å²) in [6.07, 6.45) is 3.53. The third-order valence-corrected chi connectivity index (χ3v) is 9.63. The minimum Gasteiger partial charge on any atom is -0.347 e. The summed E-state index contributed by atoms with van der Waals surface area (Å²) in [5.74, 6) is -0.636. The molecule has 1 aromatic carbocycles. The van der Waals surface area contributed by atoms with E-state index in [0.717, 1.165) is 31.8 Å². The van der Waals surface area contributed by atoms with Gasteiger partial charge in [-0.15, -0.1) is 11.3 Å². The lowest BCUT2D eigenvalue weighted by Gasteiger charge is -2.25. The number of rotatable bonds is 6. The third-order valence-electron chi connectivity index (χ3n) is 6.50. The van der Waals surface area contributed by atoms with Crippen molar-refractivity contribution in [1.82, 2.24) is 14.7 Å². The molecule has 1 aliphatic heterocycles. The molecule has 1 saturated heterocycles. The fraction of sp³-hybridized carbons (Fsp3) is 0.379. The molecule has 4 aromatic rings. The predicted molar refractivity (Wildman–Crippen MR) is 156 cm³/mol. The van der Waals surface area contributed by atoms with Gasteiger partial charge in [-0.05, 0) is 82.8 Å². The lowest BCUT2D eigenvalue weighted by Crippen LogP contribution is -2.36. The van der Waals surface area contributed by atoms with E-state index in [2.05, 4.69) is 34.0 Å². The number of fused-ring (bicyclic) bond motifs is 1. The lowest BCUT2D eigenvalue weighted by atomic mass is 9.96. The van der Waals surface area contributed by atoms with Gasteiger partial charge in [0.15, 0.2) is 5.79 Å². The number of pyridine rings is 2. The Balaban J connectivity index is 1.58. The Labute approximate surface area is 235 Å². The summed E-state index contributed by atoms with van der Waals surface area (Å²) in [5, 5.41) is 1.60. The van der Waals surface area contributed by atoms with Crippen molar-refractivity contribution >= 4 is 44.0 Å². The normalized spacial score (nSPS) is 21.0. The zero-order valence-electron chi connectivity index (χ0n) is 22.4. The number of aromatic nitrogens is 2. The molecule has 0 spiro atoms. The first-order chi connectivity index (χ1) is 17.9. The molecule has 0 saturated carbocycles. The minimum atomic E-state index is -1.34. The minimum absolute atomic E-state index is 0.432. The molecule has 6 nitrogen and oxygen atoms in total. The van der Waals surface area contributed by atoms with Crippen molar-refractivity contribution < 1.29 is 13.7 Å². The highest BCUT2D eigenvalue weighted by Gasteiger charge is 2.43. The van der Waals surface area contributed by atoms with E-state index in [0.29, 0.717) is 17.3 Å². The number of thiophene rings is 1. The average molecular weight is 570 g/mol. The van der Waals surface area contributed by atoms with Gasteiger partial charge >= 0.3 is 0 Å². The fourth-order valence-electron chi connectivity index (χ4n) is 4.53. The second-order valence-electron chi connectivity index (χ2n) is 11.1. The lowest BCUT2D eigenvalue weighted by molar-refractivity contribution is -0.159. The molecule has 3 atom stereocenters. The van der Waals surface area contributed by atoms with Gasteiger partial charge in [0.1, 0.15) is 5.60 Å². The summed E-state index contributed by atoms with van der Waals surface area (Å²) in [6.45, 7) is 12.2. The van der Waals surface area contributed by atoms with Crippen LogP contribution in [0.2, 0.25) is 5.02 Å². The molecule has 0 aliphatic carbocycles. The van der Waals surface area contributed by atoms with Crippen molar-refractivity contribution in [2.24, 2.45) is 0 Å². The first-order valence-corrected chi connectivity index (χ1v) is 14.8. The third kappa shape index (κ3) is 5.43. The second kappa shape index (κ2) is 10.1. The number of halogens is 1. The van der Waals surface area contributed by atoms with Crippen LogP contribution >= 0.6 is 22.9 Å². The van der Waals surface area contributed by atoms with E-state index in [1.54, 1.807) is 23.6 Å². The molecule has 4 heterocycles. The Kier molecular flexibility index (Phi) is 7.26. The van der Waals surface area contributed by atoms with Gasteiger partial charge in [0.25, 0.3) is 0 Å². The smallest absolute Gasteiger partial charge is 0.164 e. The zero-order valence-corrected chi connectivity index (χ0v) is 24.8. The van der Waals surface area contributed by atoms with Gasteiger partial charge in [-0.25, -0.2) is 8.93 Å². The Morgan fingerprint density at radius 1 is 1.08 bits per heavy atom. The van der Waals surface area contributed by atoms with E-state index in [1.165, 1.54) is 0 Å². The maximum atomic E-state index is 13.2. The fourth-order valence-corrected chi connectivity index (χ4v) is 6.88. The predicted octanol–water partition coefficient (Wildman–Crippen LogP) is 7.15. The molecule has 9 heteroatoms. The number of hydrogen-bond donors (Lipinski definition) is 1. The van der Waals surface area contributed by atoms with Gasteiger partial charge in [0.05, 0.1) is 44.8 Å². The molecule has 5 rings (SSSR count). The summed E-state index contributed by atoms with van der Waals surface area (Å²) in [4.78, 5) is 10.2. The van der Waals surface area contributed by atoms with Crippen LogP contribution in [-0.4, -0.2) is 31.3 Å². The average Bonchev–Trinajstić information content (AvgIpc) is 3.42. The van der Waals surface area contributed by atoms with E-state index >= 15 is 0 Å². The van der Waals surface area contributed by atoms with Crippen LogP contribution < -0.4 is 4.72 Å². The van der Waals surface area contributed by atoms with E-state index < -0.39 is 33.2 Å². The number of benzene rings is 1. The topological polar surface area (TPSA) is 73.3 Å².